The highest BCUT2D eigenvalue weighted by Crippen LogP contribution is 2.39. The predicted octanol–water partition coefficient (Wildman–Crippen LogP) is 3.82. The highest BCUT2D eigenvalue weighted by molar-refractivity contribution is 7.17. The van der Waals surface area contributed by atoms with E-state index in [0.717, 1.165) is 29.7 Å². The maximum atomic E-state index is 12.3. The summed E-state index contributed by atoms with van der Waals surface area (Å²) in [5.41, 5.74) is 7.48. The summed E-state index contributed by atoms with van der Waals surface area (Å²) >= 11 is 13.6. The number of hydrogen-bond donors (Lipinski definition) is 2. The van der Waals surface area contributed by atoms with Crippen LogP contribution in [-0.2, 0) is 24.1 Å². The molecule has 3 rings (SSSR count). The first-order chi connectivity index (χ1) is 11.0. The summed E-state index contributed by atoms with van der Waals surface area (Å²) in [6.07, 6.45) is 2.81. The van der Waals surface area contributed by atoms with Gasteiger partial charge in [0.15, 0.2) is 0 Å². The first-order valence-electron chi connectivity index (χ1n) is 7.14. The molecule has 1 aliphatic rings. The number of benzene rings is 1. The maximum absolute atomic E-state index is 12.3. The van der Waals surface area contributed by atoms with Gasteiger partial charge in [-0.25, -0.2) is 0 Å². The first kappa shape index (κ1) is 16.3. The number of hydrogen-bond acceptors (Lipinski definition) is 3. The van der Waals surface area contributed by atoms with Crippen molar-refractivity contribution in [1.82, 2.24) is 0 Å². The fourth-order valence-corrected chi connectivity index (χ4v) is 4.63. The number of nitrogens with two attached hydrogens (primary N) is 1. The van der Waals surface area contributed by atoms with Gasteiger partial charge in [0, 0.05) is 14.9 Å². The van der Waals surface area contributed by atoms with Crippen molar-refractivity contribution in [3.63, 3.8) is 0 Å². The molecule has 1 heterocycles. The van der Waals surface area contributed by atoms with Crippen molar-refractivity contribution in [2.24, 2.45) is 5.73 Å². The van der Waals surface area contributed by atoms with Gasteiger partial charge >= 0.3 is 0 Å². The topological polar surface area (TPSA) is 72.2 Å². The number of halogens is 2. The number of primary amides is 1. The van der Waals surface area contributed by atoms with Gasteiger partial charge in [-0.1, -0.05) is 29.3 Å². The number of amides is 2. The third-order valence-corrected chi connectivity index (χ3v) is 5.74. The minimum atomic E-state index is -0.504. The lowest BCUT2D eigenvalue weighted by Gasteiger charge is -2.08. The SMILES string of the molecule is NC(=O)c1c(NC(=O)Cc2c(Cl)cccc2Cl)sc2c1CCC2. The molecule has 120 valence electrons. The van der Waals surface area contributed by atoms with Crippen molar-refractivity contribution in [2.45, 2.75) is 25.7 Å². The second-order valence-corrected chi connectivity index (χ2v) is 7.27. The molecule has 0 saturated heterocycles. The van der Waals surface area contributed by atoms with Gasteiger partial charge < -0.3 is 11.1 Å². The van der Waals surface area contributed by atoms with Crippen molar-refractivity contribution >= 4 is 51.4 Å². The Hall–Kier alpha value is -1.56. The summed E-state index contributed by atoms with van der Waals surface area (Å²) in [6.45, 7) is 0. The van der Waals surface area contributed by atoms with Gasteiger partial charge in [-0.15, -0.1) is 11.3 Å². The van der Waals surface area contributed by atoms with Gasteiger partial charge in [-0.05, 0) is 42.5 Å². The lowest BCUT2D eigenvalue weighted by molar-refractivity contribution is -0.115. The van der Waals surface area contributed by atoms with E-state index < -0.39 is 5.91 Å². The Bertz CT molecular complexity index is 781. The molecule has 4 nitrogen and oxygen atoms in total. The Labute approximate surface area is 147 Å². The minimum Gasteiger partial charge on any atom is -0.365 e. The number of carbonyl (C=O) groups is 2. The molecule has 0 fully saturated rings. The van der Waals surface area contributed by atoms with Crippen molar-refractivity contribution < 1.29 is 9.59 Å². The summed E-state index contributed by atoms with van der Waals surface area (Å²) in [7, 11) is 0. The molecule has 2 amide bonds. The Morgan fingerprint density at radius 2 is 1.91 bits per heavy atom. The van der Waals surface area contributed by atoms with E-state index in [1.54, 1.807) is 18.2 Å². The number of fused-ring (bicyclic) bond motifs is 1. The zero-order valence-electron chi connectivity index (χ0n) is 12.1. The zero-order valence-corrected chi connectivity index (χ0v) is 14.4. The monoisotopic (exact) mass is 368 g/mol. The summed E-state index contributed by atoms with van der Waals surface area (Å²) in [5, 5.41) is 4.19. The van der Waals surface area contributed by atoms with Crippen molar-refractivity contribution in [2.75, 3.05) is 5.32 Å². The van der Waals surface area contributed by atoms with E-state index in [-0.39, 0.29) is 12.3 Å². The standard InChI is InChI=1S/C16H14Cl2N2O2S/c17-10-4-2-5-11(18)9(10)7-13(21)20-16-14(15(19)22)8-3-1-6-12(8)23-16/h2,4-5H,1,3,6-7H2,(H2,19,22)(H,20,21). The third-order valence-electron chi connectivity index (χ3n) is 3.82. The van der Waals surface area contributed by atoms with E-state index in [0.29, 0.717) is 26.2 Å². The first-order valence-corrected chi connectivity index (χ1v) is 8.71. The fourth-order valence-electron chi connectivity index (χ4n) is 2.79. The predicted molar refractivity (Wildman–Crippen MR) is 93.7 cm³/mol. The van der Waals surface area contributed by atoms with E-state index in [2.05, 4.69) is 5.32 Å². The van der Waals surface area contributed by atoms with Crippen molar-refractivity contribution in [3.8, 4) is 0 Å². The van der Waals surface area contributed by atoms with Gasteiger partial charge in [0.2, 0.25) is 5.91 Å². The highest BCUT2D eigenvalue weighted by atomic mass is 35.5. The Morgan fingerprint density at radius 3 is 2.57 bits per heavy atom. The molecular formula is C16H14Cl2N2O2S. The van der Waals surface area contributed by atoms with E-state index >= 15 is 0 Å². The molecule has 0 aliphatic heterocycles. The number of aryl methyl sites for hydroxylation is 1. The largest absolute Gasteiger partial charge is 0.365 e. The maximum Gasteiger partial charge on any atom is 0.251 e. The molecule has 0 saturated carbocycles. The molecule has 0 unspecified atom stereocenters. The van der Waals surface area contributed by atoms with Crippen LogP contribution in [0.2, 0.25) is 10.0 Å². The second-order valence-electron chi connectivity index (χ2n) is 5.35. The molecule has 0 radical (unpaired) electrons. The number of nitrogens with one attached hydrogen (secondary N) is 1. The molecule has 3 N–H and O–H groups in total. The van der Waals surface area contributed by atoms with Crippen LogP contribution in [0.4, 0.5) is 5.00 Å². The number of anilines is 1. The number of thiophene rings is 1. The third kappa shape index (κ3) is 3.22. The molecule has 0 spiro atoms. The summed E-state index contributed by atoms with van der Waals surface area (Å²) < 4.78 is 0. The van der Waals surface area contributed by atoms with Crippen LogP contribution in [0.25, 0.3) is 0 Å². The van der Waals surface area contributed by atoms with E-state index in [1.165, 1.54) is 11.3 Å². The van der Waals surface area contributed by atoms with Crippen LogP contribution in [0.15, 0.2) is 18.2 Å². The molecule has 7 heteroatoms. The summed E-state index contributed by atoms with van der Waals surface area (Å²) in [5.74, 6) is -0.780. The van der Waals surface area contributed by atoms with Crippen LogP contribution >= 0.6 is 34.5 Å². The average molecular weight is 369 g/mol. The Morgan fingerprint density at radius 1 is 1.22 bits per heavy atom. The van der Waals surface area contributed by atoms with Crippen LogP contribution in [-0.4, -0.2) is 11.8 Å². The Balaban J connectivity index is 1.83. The van der Waals surface area contributed by atoms with Crippen LogP contribution in [0.5, 0.6) is 0 Å². The molecule has 0 bridgehead atoms. The normalized spacial score (nSPS) is 13.0. The van der Waals surface area contributed by atoms with E-state index in [9.17, 15) is 9.59 Å². The Kier molecular flexibility index (Phi) is 4.62. The lowest BCUT2D eigenvalue weighted by atomic mass is 10.1. The van der Waals surface area contributed by atoms with Gasteiger partial charge in [-0.3, -0.25) is 9.59 Å². The highest BCUT2D eigenvalue weighted by Gasteiger charge is 2.26. The molecule has 0 atom stereocenters. The summed E-state index contributed by atoms with van der Waals surface area (Å²) in [4.78, 5) is 25.2. The number of carbonyl (C=O) groups excluding carboxylic acids is 2. The van der Waals surface area contributed by atoms with Crippen LogP contribution < -0.4 is 11.1 Å². The van der Waals surface area contributed by atoms with Gasteiger partial charge in [-0.2, -0.15) is 0 Å². The van der Waals surface area contributed by atoms with Gasteiger partial charge in [0.1, 0.15) is 5.00 Å². The molecular weight excluding hydrogens is 355 g/mol. The van der Waals surface area contributed by atoms with Crippen LogP contribution in [0.1, 0.15) is 32.8 Å². The second kappa shape index (κ2) is 6.51. The molecule has 2 aromatic rings. The van der Waals surface area contributed by atoms with Gasteiger partial charge in [0.05, 0.1) is 12.0 Å². The zero-order chi connectivity index (χ0) is 16.6. The van der Waals surface area contributed by atoms with Crippen molar-refractivity contribution in [3.05, 3.63) is 49.8 Å². The average Bonchev–Trinajstić information content (AvgIpc) is 3.02. The molecule has 1 aromatic carbocycles. The quantitative estimate of drug-likeness (QED) is 0.860. The molecule has 1 aromatic heterocycles. The van der Waals surface area contributed by atoms with Crippen molar-refractivity contribution in [1.29, 1.82) is 0 Å². The minimum absolute atomic E-state index is 0.0409. The van der Waals surface area contributed by atoms with Crippen LogP contribution in [0, 0.1) is 0 Å². The van der Waals surface area contributed by atoms with Crippen LogP contribution in [0.3, 0.4) is 0 Å². The van der Waals surface area contributed by atoms with E-state index in [1.807, 2.05) is 0 Å². The number of rotatable bonds is 4. The molecule has 23 heavy (non-hydrogen) atoms. The smallest absolute Gasteiger partial charge is 0.251 e. The molecule has 1 aliphatic carbocycles. The summed E-state index contributed by atoms with van der Waals surface area (Å²) in [6, 6.07) is 5.09. The lowest BCUT2D eigenvalue weighted by Crippen LogP contribution is -2.19. The van der Waals surface area contributed by atoms with Gasteiger partial charge in [0.25, 0.3) is 5.91 Å². The fraction of sp³-hybridized carbons (Fsp3) is 0.250. The van der Waals surface area contributed by atoms with E-state index in [4.69, 9.17) is 28.9 Å².